The maximum atomic E-state index is 12.4. The smallest absolute Gasteiger partial charge is 0.258 e. The van der Waals surface area contributed by atoms with E-state index in [4.69, 9.17) is 0 Å². The summed E-state index contributed by atoms with van der Waals surface area (Å²) in [5.41, 5.74) is 1.81. The Labute approximate surface area is 211 Å². The minimum Gasteiger partial charge on any atom is -0.305 e. The summed E-state index contributed by atoms with van der Waals surface area (Å²) in [5.74, 6) is 1.30. The molecular weight excluding hydrogens is 504 g/mol. The first-order valence-corrected chi connectivity index (χ1v) is 15.1. The zero-order valence-electron chi connectivity index (χ0n) is 19.3. The molecule has 4 aromatic rings. The molecule has 4 heterocycles. The minimum absolute atomic E-state index is 0.0127. The first-order valence-electron chi connectivity index (χ1n) is 11.4. The van der Waals surface area contributed by atoms with Crippen molar-refractivity contribution in [3.05, 3.63) is 75.4 Å². The molecule has 3 aromatic heterocycles. The SMILES string of the molecule is CS(=O)(=O)N1CCC[C@H](c2nnc(SCc3cc(=O)n4ccsc4n3)n2CCc2ccccc2)C1. The van der Waals surface area contributed by atoms with Crippen molar-refractivity contribution < 1.29 is 8.42 Å². The third kappa shape index (κ3) is 5.50. The molecule has 5 rings (SSSR count). The normalized spacial score (nSPS) is 17.2. The van der Waals surface area contributed by atoms with Gasteiger partial charge in [-0.15, -0.1) is 21.5 Å². The molecule has 0 radical (unpaired) electrons. The van der Waals surface area contributed by atoms with Crippen LogP contribution in [0.1, 0.15) is 35.8 Å². The van der Waals surface area contributed by atoms with Gasteiger partial charge in [-0.3, -0.25) is 9.20 Å². The van der Waals surface area contributed by atoms with Crippen molar-refractivity contribution >= 4 is 38.1 Å². The monoisotopic (exact) mass is 530 g/mol. The van der Waals surface area contributed by atoms with Crippen LogP contribution in [0.4, 0.5) is 0 Å². The number of rotatable bonds is 8. The Balaban J connectivity index is 1.41. The standard InChI is InChI=1S/C23H26N6O3S3/c1-35(31,32)27-10-5-8-18(15-27)21-25-26-23(29(21)11-9-17-6-3-2-4-7-17)34-16-19-14-20(30)28-12-13-33-22(28)24-19/h2-4,6-7,12-14,18H,5,8-11,15-16H2,1H3/t18-/m0/s1. The highest BCUT2D eigenvalue weighted by Gasteiger charge is 2.30. The summed E-state index contributed by atoms with van der Waals surface area (Å²) in [7, 11) is -3.26. The molecular formula is C23H26N6O3S3. The van der Waals surface area contributed by atoms with Gasteiger partial charge in [-0.25, -0.2) is 17.7 Å². The summed E-state index contributed by atoms with van der Waals surface area (Å²) >= 11 is 2.92. The van der Waals surface area contributed by atoms with E-state index in [0.717, 1.165) is 30.2 Å². The van der Waals surface area contributed by atoms with Gasteiger partial charge in [0.05, 0.1) is 11.9 Å². The molecule has 1 aromatic carbocycles. The van der Waals surface area contributed by atoms with Crippen LogP contribution in [0.25, 0.3) is 4.96 Å². The van der Waals surface area contributed by atoms with Crippen molar-refractivity contribution in [2.24, 2.45) is 0 Å². The Hall–Kier alpha value is -2.54. The highest BCUT2D eigenvalue weighted by Crippen LogP contribution is 2.30. The van der Waals surface area contributed by atoms with E-state index in [-0.39, 0.29) is 11.5 Å². The van der Waals surface area contributed by atoms with Gasteiger partial charge in [0.2, 0.25) is 10.0 Å². The van der Waals surface area contributed by atoms with Crippen LogP contribution in [-0.4, -0.2) is 56.2 Å². The van der Waals surface area contributed by atoms with Gasteiger partial charge in [0.15, 0.2) is 10.1 Å². The average molecular weight is 531 g/mol. The zero-order valence-corrected chi connectivity index (χ0v) is 21.7. The van der Waals surface area contributed by atoms with Gasteiger partial charge in [0.1, 0.15) is 5.82 Å². The van der Waals surface area contributed by atoms with E-state index in [2.05, 4.69) is 31.9 Å². The quantitative estimate of drug-likeness (QED) is 0.323. The van der Waals surface area contributed by atoms with Crippen LogP contribution in [0.2, 0.25) is 0 Å². The molecule has 35 heavy (non-hydrogen) atoms. The second-order valence-corrected chi connectivity index (χ2v) is 12.4. The predicted octanol–water partition coefficient (Wildman–Crippen LogP) is 3.02. The lowest BCUT2D eigenvalue weighted by Gasteiger charge is -2.30. The molecule has 0 N–H and O–H groups in total. The second-order valence-electron chi connectivity index (χ2n) is 8.62. The van der Waals surface area contributed by atoms with Crippen LogP contribution in [0, 0.1) is 0 Å². The van der Waals surface area contributed by atoms with Crippen molar-refractivity contribution in [3.8, 4) is 0 Å². The Kier molecular flexibility index (Phi) is 7.05. The van der Waals surface area contributed by atoms with Crippen molar-refractivity contribution in [2.45, 2.75) is 42.6 Å². The molecule has 0 aliphatic carbocycles. The van der Waals surface area contributed by atoms with E-state index in [0.29, 0.717) is 36.0 Å². The fraction of sp³-hybridized carbons (Fsp3) is 0.391. The lowest BCUT2D eigenvalue weighted by molar-refractivity contribution is 0.305. The maximum Gasteiger partial charge on any atom is 0.258 e. The predicted molar refractivity (Wildman–Crippen MR) is 137 cm³/mol. The third-order valence-electron chi connectivity index (χ3n) is 6.14. The molecule has 0 bridgehead atoms. The molecule has 0 unspecified atom stereocenters. The van der Waals surface area contributed by atoms with Crippen molar-refractivity contribution in [2.75, 3.05) is 19.3 Å². The summed E-state index contributed by atoms with van der Waals surface area (Å²) in [6.45, 7) is 1.64. The zero-order chi connectivity index (χ0) is 24.4. The highest BCUT2D eigenvalue weighted by atomic mass is 32.2. The van der Waals surface area contributed by atoms with E-state index in [1.807, 2.05) is 23.6 Å². The number of fused-ring (bicyclic) bond motifs is 1. The van der Waals surface area contributed by atoms with Crippen LogP contribution < -0.4 is 5.56 Å². The number of piperidine rings is 1. The lowest BCUT2D eigenvalue weighted by Crippen LogP contribution is -2.39. The number of nitrogens with zero attached hydrogens (tertiary/aromatic N) is 6. The lowest BCUT2D eigenvalue weighted by atomic mass is 9.98. The Bertz CT molecular complexity index is 1480. The van der Waals surface area contributed by atoms with Gasteiger partial charge in [-0.2, -0.15) is 0 Å². The van der Waals surface area contributed by atoms with Crippen LogP contribution in [0.3, 0.4) is 0 Å². The number of hydrogen-bond donors (Lipinski definition) is 0. The van der Waals surface area contributed by atoms with Gasteiger partial charge >= 0.3 is 0 Å². The largest absolute Gasteiger partial charge is 0.305 e. The first kappa shape index (κ1) is 24.2. The van der Waals surface area contributed by atoms with Crippen molar-refractivity contribution in [1.29, 1.82) is 0 Å². The molecule has 0 saturated carbocycles. The number of aromatic nitrogens is 5. The fourth-order valence-corrected chi connectivity index (χ4v) is 6.87. The molecule has 12 heteroatoms. The highest BCUT2D eigenvalue weighted by molar-refractivity contribution is 7.98. The molecule has 1 atom stereocenters. The van der Waals surface area contributed by atoms with Crippen molar-refractivity contribution in [1.82, 2.24) is 28.5 Å². The Morgan fingerprint density at radius 1 is 1.20 bits per heavy atom. The molecule has 184 valence electrons. The van der Waals surface area contributed by atoms with Crippen molar-refractivity contribution in [3.63, 3.8) is 0 Å². The molecule has 0 amide bonds. The van der Waals surface area contributed by atoms with Crippen LogP contribution in [0.5, 0.6) is 0 Å². The van der Waals surface area contributed by atoms with E-state index in [1.54, 1.807) is 12.3 Å². The van der Waals surface area contributed by atoms with E-state index in [9.17, 15) is 13.2 Å². The molecule has 0 spiro atoms. The van der Waals surface area contributed by atoms with Gasteiger partial charge in [0.25, 0.3) is 5.56 Å². The second kappa shape index (κ2) is 10.2. The fourth-order valence-electron chi connectivity index (χ4n) is 4.36. The topological polar surface area (TPSA) is 102 Å². The van der Waals surface area contributed by atoms with E-state index in [1.165, 1.54) is 43.6 Å². The summed E-state index contributed by atoms with van der Waals surface area (Å²) < 4.78 is 29.5. The van der Waals surface area contributed by atoms with Gasteiger partial charge in [0, 0.05) is 48.9 Å². The molecule has 1 fully saturated rings. The van der Waals surface area contributed by atoms with Crippen LogP contribution in [0.15, 0.2) is 57.9 Å². The minimum atomic E-state index is -3.26. The Morgan fingerprint density at radius 2 is 2.03 bits per heavy atom. The number of aryl methyl sites for hydroxylation is 1. The summed E-state index contributed by atoms with van der Waals surface area (Å²) in [4.78, 5) is 17.6. The van der Waals surface area contributed by atoms with Gasteiger partial charge < -0.3 is 4.57 Å². The number of thioether (sulfide) groups is 1. The molecule has 9 nitrogen and oxygen atoms in total. The summed E-state index contributed by atoms with van der Waals surface area (Å²) in [6, 6.07) is 11.8. The molecule has 1 aliphatic heterocycles. The summed E-state index contributed by atoms with van der Waals surface area (Å²) in [5, 5.41) is 11.6. The first-order chi connectivity index (χ1) is 16.9. The Morgan fingerprint density at radius 3 is 2.83 bits per heavy atom. The van der Waals surface area contributed by atoms with E-state index < -0.39 is 10.0 Å². The maximum absolute atomic E-state index is 12.4. The number of benzene rings is 1. The number of hydrogen-bond acceptors (Lipinski definition) is 8. The number of thiazole rings is 1. The van der Waals surface area contributed by atoms with Gasteiger partial charge in [-0.05, 0) is 24.8 Å². The average Bonchev–Trinajstić information content (AvgIpc) is 3.49. The summed E-state index contributed by atoms with van der Waals surface area (Å²) in [6.07, 6.45) is 5.45. The molecule has 1 saturated heterocycles. The van der Waals surface area contributed by atoms with Crippen LogP contribution in [-0.2, 0) is 28.7 Å². The van der Waals surface area contributed by atoms with E-state index >= 15 is 0 Å². The number of sulfonamides is 1. The van der Waals surface area contributed by atoms with Gasteiger partial charge in [-0.1, -0.05) is 42.1 Å². The van der Waals surface area contributed by atoms with Crippen LogP contribution >= 0.6 is 23.1 Å². The molecule has 1 aliphatic rings. The third-order valence-corrected chi connectivity index (χ3v) is 9.16.